The first-order valence-corrected chi connectivity index (χ1v) is 7.49. The summed E-state index contributed by atoms with van der Waals surface area (Å²) in [6.07, 6.45) is -10.2. The Morgan fingerprint density at radius 2 is 1.74 bits per heavy atom. The molecule has 0 spiro atoms. The molecule has 0 amide bonds. The highest BCUT2D eigenvalue weighted by Crippen LogP contribution is 2.41. The molecular formula is C15H9ClF6N4O. The van der Waals surface area contributed by atoms with Crippen LogP contribution >= 0.6 is 11.6 Å². The number of nitrogens with zero attached hydrogens (tertiary/aromatic N) is 3. The molecule has 5 nitrogen and oxygen atoms in total. The van der Waals surface area contributed by atoms with Crippen LogP contribution < -0.4 is 10.5 Å². The molecule has 0 saturated carbocycles. The van der Waals surface area contributed by atoms with Crippen molar-refractivity contribution in [3.63, 3.8) is 0 Å². The molecule has 2 aromatic heterocycles. The van der Waals surface area contributed by atoms with Crippen LogP contribution in [0.25, 0.3) is 16.7 Å². The maximum atomic E-state index is 13.4. The number of hydrogen-bond acceptors (Lipinski definition) is 4. The average Bonchev–Trinajstić information content (AvgIpc) is 2.89. The molecule has 144 valence electrons. The smallest absolute Gasteiger partial charge is 0.433 e. The number of hydrogen-bond donors (Lipinski definition) is 1. The lowest BCUT2D eigenvalue weighted by atomic mass is 10.1. The van der Waals surface area contributed by atoms with Gasteiger partial charge in [-0.25, -0.2) is 9.67 Å². The molecular weight excluding hydrogens is 402 g/mol. The van der Waals surface area contributed by atoms with Gasteiger partial charge >= 0.3 is 12.4 Å². The van der Waals surface area contributed by atoms with Gasteiger partial charge in [-0.1, -0.05) is 11.6 Å². The highest BCUT2D eigenvalue weighted by molar-refractivity contribution is 6.30. The number of benzene rings is 1. The van der Waals surface area contributed by atoms with Crippen LogP contribution in [0.5, 0.6) is 5.75 Å². The van der Waals surface area contributed by atoms with Crippen molar-refractivity contribution in [2.45, 2.75) is 12.4 Å². The minimum atomic E-state index is -5.11. The molecule has 2 N–H and O–H groups in total. The van der Waals surface area contributed by atoms with Crippen LogP contribution in [0.2, 0.25) is 5.02 Å². The van der Waals surface area contributed by atoms with Crippen LogP contribution in [0.15, 0.2) is 24.3 Å². The molecule has 3 rings (SSSR count). The van der Waals surface area contributed by atoms with E-state index in [0.717, 1.165) is 4.68 Å². The van der Waals surface area contributed by atoms with Gasteiger partial charge in [-0.05, 0) is 24.3 Å². The molecule has 0 aliphatic rings. The fraction of sp³-hybridized carbons (Fsp3) is 0.200. The van der Waals surface area contributed by atoms with Crippen molar-refractivity contribution in [1.29, 1.82) is 0 Å². The Bertz CT molecular complexity index is 1030. The largest absolute Gasteiger partial charge is 0.494 e. The Balaban J connectivity index is 2.40. The van der Waals surface area contributed by atoms with Gasteiger partial charge in [0.1, 0.15) is 22.9 Å². The Kier molecular flexibility index (Phi) is 4.37. The molecule has 0 unspecified atom stereocenters. The van der Waals surface area contributed by atoms with Crippen molar-refractivity contribution >= 4 is 28.5 Å². The number of nitrogens with two attached hydrogens (primary N) is 1. The summed E-state index contributed by atoms with van der Waals surface area (Å²) in [5.41, 5.74) is 1.69. The summed E-state index contributed by atoms with van der Waals surface area (Å²) in [6, 6.07) is 4.05. The molecule has 0 radical (unpaired) electrons. The number of rotatable bonds is 2. The highest BCUT2D eigenvalue weighted by atomic mass is 35.5. The van der Waals surface area contributed by atoms with Crippen LogP contribution in [0.1, 0.15) is 11.3 Å². The summed E-state index contributed by atoms with van der Waals surface area (Å²) < 4.78 is 84.8. The number of pyridine rings is 1. The zero-order chi connectivity index (χ0) is 20.1. The average molecular weight is 411 g/mol. The number of nitrogen functional groups attached to an aromatic ring is 1. The summed E-state index contributed by atoms with van der Waals surface area (Å²) in [7, 11) is 1.29. The van der Waals surface area contributed by atoms with Crippen molar-refractivity contribution in [2.24, 2.45) is 0 Å². The standard InChI is InChI=1S/C15H9ClF6N4O/c1-27-9-3-2-6(16)4-8(9)26-12(23)11-7(14(17,18)19)5-10(15(20,21)22)24-13(11)25-26/h2-5H,23H2,1H3. The number of aromatic nitrogens is 3. The van der Waals surface area contributed by atoms with Crippen molar-refractivity contribution in [3.8, 4) is 11.4 Å². The molecule has 12 heteroatoms. The van der Waals surface area contributed by atoms with E-state index in [4.69, 9.17) is 22.1 Å². The first-order chi connectivity index (χ1) is 12.4. The van der Waals surface area contributed by atoms with Gasteiger partial charge < -0.3 is 10.5 Å². The van der Waals surface area contributed by atoms with Crippen molar-refractivity contribution in [2.75, 3.05) is 12.8 Å². The van der Waals surface area contributed by atoms with Crippen LogP contribution in [0, 0.1) is 0 Å². The lowest BCUT2D eigenvalue weighted by molar-refractivity contribution is -0.144. The predicted molar refractivity (Wildman–Crippen MR) is 84.8 cm³/mol. The molecule has 0 aliphatic heterocycles. The zero-order valence-electron chi connectivity index (χ0n) is 13.3. The number of alkyl halides is 6. The van der Waals surface area contributed by atoms with Gasteiger partial charge in [0.05, 0.1) is 18.1 Å². The summed E-state index contributed by atoms with van der Waals surface area (Å²) in [5, 5.41) is 3.16. The summed E-state index contributed by atoms with van der Waals surface area (Å²) in [4.78, 5) is 3.19. The molecule has 3 aromatic rings. The Morgan fingerprint density at radius 3 is 2.30 bits per heavy atom. The first kappa shape index (κ1) is 19.1. The quantitative estimate of drug-likeness (QED) is 0.622. The van der Waals surface area contributed by atoms with Crippen molar-refractivity contribution in [1.82, 2.24) is 14.8 Å². The second-order valence-corrected chi connectivity index (χ2v) is 5.80. The second kappa shape index (κ2) is 6.19. The van der Waals surface area contributed by atoms with E-state index in [2.05, 4.69) is 10.1 Å². The van der Waals surface area contributed by atoms with E-state index in [9.17, 15) is 26.3 Å². The highest BCUT2D eigenvalue weighted by Gasteiger charge is 2.41. The van der Waals surface area contributed by atoms with Gasteiger partial charge in [0.25, 0.3) is 0 Å². The number of ether oxygens (including phenoxy) is 1. The molecule has 0 aliphatic carbocycles. The summed E-state index contributed by atoms with van der Waals surface area (Å²) >= 11 is 5.88. The third-order valence-corrected chi connectivity index (χ3v) is 3.88. The van der Waals surface area contributed by atoms with Crippen LogP contribution in [0.4, 0.5) is 32.2 Å². The minimum Gasteiger partial charge on any atom is -0.494 e. The van der Waals surface area contributed by atoms with Gasteiger partial charge in [0.2, 0.25) is 0 Å². The first-order valence-electron chi connectivity index (χ1n) is 7.11. The Morgan fingerprint density at radius 1 is 1.07 bits per heavy atom. The van der Waals surface area contributed by atoms with Gasteiger partial charge in [-0.15, -0.1) is 5.10 Å². The third-order valence-electron chi connectivity index (χ3n) is 3.64. The fourth-order valence-electron chi connectivity index (χ4n) is 2.49. The predicted octanol–water partition coefficient (Wildman–Crippen LogP) is 4.70. The lowest BCUT2D eigenvalue weighted by Gasteiger charge is -2.12. The van der Waals surface area contributed by atoms with Crippen LogP contribution in [0.3, 0.4) is 0 Å². The second-order valence-electron chi connectivity index (χ2n) is 5.36. The molecule has 27 heavy (non-hydrogen) atoms. The maximum absolute atomic E-state index is 13.4. The minimum absolute atomic E-state index is 0.0437. The normalized spacial score (nSPS) is 12.6. The maximum Gasteiger partial charge on any atom is 0.433 e. The molecule has 0 saturated heterocycles. The van der Waals surface area contributed by atoms with Crippen LogP contribution in [-0.4, -0.2) is 21.9 Å². The Labute approximate surface area is 152 Å². The van der Waals surface area contributed by atoms with E-state index in [1.165, 1.54) is 25.3 Å². The van der Waals surface area contributed by atoms with Crippen molar-refractivity contribution < 1.29 is 31.1 Å². The molecule has 0 bridgehead atoms. The fourth-order valence-corrected chi connectivity index (χ4v) is 2.66. The molecule has 2 heterocycles. The monoisotopic (exact) mass is 410 g/mol. The SMILES string of the molecule is COc1ccc(Cl)cc1-n1nc2nc(C(F)(F)F)cc(C(F)(F)F)c2c1N. The summed E-state index contributed by atoms with van der Waals surface area (Å²) in [6.45, 7) is 0. The molecule has 0 atom stereocenters. The zero-order valence-corrected chi connectivity index (χ0v) is 14.0. The number of anilines is 1. The van der Waals surface area contributed by atoms with E-state index in [1.54, 1.807) is 0 Å². The van der Waals surface area contributed by atoms with Gasteiger partial charge in [0, 0.05) is 5.02 Å². The third kappa shape index (κ3) is 3.34. The van der Waals surface area contributed by atoms with E-state index < -0.39 is 40.5 Å². The van der Waals surface area contributed by atoms with Gasteiger partial charge in [0.15, 0.2) is 5.65 Å². The molecule has 0 fully saturated rings. The van der Waals surface area contributed by atoms with Crippen LogP contribution in [-0.2, 0) is 12.4 Å². The number of methoxy groups -OCH3 is 1. The lowest BCUT2D eigenvalue weighted by Crippen LogP contribution is -2.13. The van der Waals surface area contributed by atoms with Gasteiger partial charge in [-0.3, -0.25) is 0 Å². The van der Waals surface area contributed by atoms with E-state index in [-0.39, 0.29) is 22.5 Å². The summed E-state index contributed by atoms with van der Waals surface area (Å²) in [5.74, 6) is -0.414. The van der Waals surface area contributed by atoms with E-state index >= 15 is 0 Å². The number of fused-ring (bicyclic) bond motifs is 1. The Hall–Kier alpha value is -2.69. The molecule has 1 aromatic carbocycles. The van der Waals surface area contributed by atoms with E-state index in [0.29, 0.717) is 0 Å². The number of halogens is 7. The van der Waals surface area contributed by atoms with Gasteiger partial charge in [-0.2, -0.15) is 26.3 Å². The van der Waals surface area contributed by atoms with E-state index in [1.807, 2.05) is 0 Å². The topological polar surface area (TPSA) is 66.0 Å². The van der Waals surface area contributed by atoms with Crippen molar-refractivity contribution in [3.05, 3.63) is 40.5 Å².